The number of anilines is 3. The fourth-order valence-electron chi connectivity index (χ4n) is 3.85. The molecule has 3 aliphatic rings. The van der Waals surface area contributed by atoms with Gasteiger partial charge in [-0.25, -0.2) is 0 Å². The summed E-state index contributed by atoms with van der Waals surface area (Å²) in [7, 11) is 0. The predicted molar refractivity (Wildman–Crippen MR) is 119 cm³/mol. The maximum atomic E-state index is 7.78. The number of nitrogens with zero attached hydrogens (tertiary/aromatic N) is 3. The number of benzene rings is 1. The van der Waals surface area contributed by atoms with Gasteiger partial charge in [0, 0.05) is 47.3 Å². The number of hydrogen-bond acceptors (Lipinski definition) is 5. The Hall–Kier alpha value is -1.66. The van der Waals surface area contributed by atoms with E-state index in [1.165, 1.54) is 44.7 Å². The van der Waals surface area contributed by atoms with Gasteiger partial charge in [-0.2, -0.15) is 16.9 Å². The molecule has 1 aromatic heterocycles. The van der Waals surface area contributed by atoms with Gasteiger partial charge in [0.25, 0.3) is 0 Å². The monoisotopic (exact) mass is 415 g/mol. The Bertz CT molecular complexity index is 866. The van der Waals surface area contributed by atoms with Crippen LogP contribution in [0.15, 0.2) is 24.5 Å². The van der Waals surface area contributed by atoms with Gasteiger partial charge in [0.1, 0.15) is 0 Å². The highest BCUT2D eigenvalue weighted by atomic mass is 35.5. The summed E-state index contributed by atoms with van der Waals surface area (Å²) in [5, 5.41) is 18.1. The standard InChI is InChI=1S/C21H26ClN5S/c22-19-9-14(11-23)20(25-15-12-24-27(13-15)16-1-2-16)10-21(19)26-7-5-18(6-8-26)28-17-3-4-17/h9-13,16-18,23,25H,1-8H2. The van der Waals surface area contributed by atoms with E-state index in [1.54, 1.807) is 0 Å². The first-order valence-electron chi connectivity index (χ1n) is 10.2. The van der Waals surface area contributed by atoms with Crippen LogP contribution < -0.4 is 10.2 Å². The van der Waals surface area contributed by atoms with Crippen LogP contribution in [0, 0.1) is 5.41 Å². The molecule has 0 spiro atoms. The summed E-state index contributed by atoms with van der Waals surface area (Å²) in [6.45, 7) is 2.10. The van der Waals surface area contributed by atoms with E-state index in [9.17, 15) is 0 Å². The zero-order chi connectivity index (χ0) is 19.1. The summed E-state index contributed by atoms with van der Waals surface area (Å²) in [5.41, 5.74) is 3.74. The summed E-state index contributed by atoms with van der Waals surface area (Å²) in [4.78, 5) is 2.40. The van der Waals surface area contributed by atoms with Crippen molar-refractivity contribution < 1.29 is 0 Å². The van der Waals surface area contributed by atoms with Gasteiger partial charge < -0.3 is 15.6 Å². The van der Waals surface area contributed by atoms with Crippen molar-refractivity contribution in [3.63, 3.8) is 0 Å². The van der Waals surface area contributed by atoms with Crippen LogP contribution in [0.5, 0.6) is 0 Å². The topological polar surface area (TPSA) is 56.9 Å². The van der Waals surface area contributed by atoms with Gasteiger partial charge >= 0.3 is 0 Å². The lowest BCUT2D eigenvalue weighted by Crippen LogP contribution is -2.35. The van der Waals surface area contributed by atoms with Crippen LogP contribution in [0.2, 0.25) is 5.02 Å². The molecule has 148 valence electrons. The summed E-state index contributed by atoms with van der Waals surface area (Å²) in [6, 6.07) is 4.57. The number of hydrogen-bond donors (Lipinski definition) is 2. The molecule has 0 radical (unpaired) electrons. The number of piperidine rings is 1. The summed E-state index contributed by atoms with van der Waals surface area (Å²) in [5.74, 6) is 0. The van der Waals surface area contributed by atoms with Gasteiger partial charge in [-0.05, 0) is 50.7 Å². The molecule has 5 nitrogen and oxygen atoms in total. The lowest BCUT2D eigenvalue weighted by atomic mass is 10.1. The molecule has 1 aliphatic heterocycles. The third kappa shape index (κ3) is 4.03. The summed E-state index contributed by atoms with van der Waals surface area (Å²) in [6.07, 6.45) is 13.0. The van der Waals surface area contributed by atoms with Gasteiger partial charge in [0.2, 0.25) is 0 Å². The van der Waals surface area contributed by atoms with E-state index in [1.807, 2.05) is 16.9 Å². The SMILES string of the molecule is N=Cc1cc(Cl)c(N2CCC(SC3CC3)CC2)cc1Nc1cnn(C2CC2)c1. The van der Waals surface area contributed by atoms with Gasteiger partial charge in [-0.1, -0.05) is 11.6 Å². The van der Waals surface area contributed by atoms with Crippen molar-refractivity contribution in [3.05, 3.63) is 35.1 Å². The highest BCUT2D eigenvalue weighted by molar-refractivity contribution is 8.00. The number of thioether (sulfide) groups is 1. The molecule has 0 amide bonds. The first-order chi connectivity index (χ1) is 13.7. The maximum absolute atomic E-state index is 7.78. The Labute approximate surface area is 175 Å². The third-order valence-electron chi connectivity index (χ3n) is 5.77. The smallest absolute Gasteiger partial charge is 0.0770 e. The van der Waals surface area contributed by atoms with Crippen molar-refractivity contribution in [2.24, 2.45) is 0 Å². The first kappa shape index (κ1) is 18.4. The molecule has 2 aliphatic carbocycles. The molecule has 3 fully saturated rings. The molecule has 5 rings (SSSR count). The molecular weight excluding hydrogens is 390 g/mol. The van der Waals surface area contributed by atoms with E-state index < -0.39 is 0 Å². The van der Waals surface area contributed by atoms with Gasteiger partial charge in [-0.3, -0.25) is 4.68 Å². The molecule has 2 saturated carbocycles. The molecule has 2 N–H and O–H groups in total. The Morgan fingerprint density at radius 3 is 2.54 bits per heavy atom. The summed E-state index contributed by atoms with van der Waals surface area (Å²) < 4.78 is 2.03. The first-order valence-corrected chi connectivity index (χ1v) is 11.6. The van der Waals surface area contributed by atoms with Gasteiger partial charge in [0.05, 0.1) is 28.6 Å². The summed E-state index contributed by atoms with van der Waals surface area (Å²) >= 11 is 8.80. The second kappa shape index (κ2) is 7.64. The van der Waals surface area contributed by atoms with Crippen molar-refractivity contribution in [3.8, 4) is 0 Å². The zero-order valence-corrected chi connectivity index (χ0v) is 17.5. The van der Waals surface area contributed by atoms with E-state index in [2.05, 4.69) is 39.3 Å². The van der Waals surface area contributed by atoms with E-state index in [-0.39, 0.29) is 0 Å². The second-order valence-electron chi connectivity index (χ2n) is 8.12. The molecule has 2 aromatic rings. The lowest BCUT2D eigenvalue weighted by Gasteiger charge is -2.34. The molecule has 2 heterocycles. The van der Waals surface area contributed by atoms with Crippen molar-refractivity contribution >= 4 is 46.6 Å². The van der Waals surface area contributed by atoms with Crippen molar-refractivity contribution in [2.75, 3.05) is 23.3 Å². The average molecular weight is 416 g/mol. The molecular formula is C21H26ClN5S. The van der Waals surface area contributed by atoms with E-state index in [4.69, 9.17) is 17.0 Å². The molecule has 0 bridgehead atoms. The Balaban J connectivity index is 1.33. The fraction of sp³-hybridized carbons (Fsp3) is 0.524. The van der Waals surface area contributed by atoms with Crippen molar-refractivity contribution in [2.45, 2.75) is 55.1 Å². The van der Waals surface area contributed by atoms with Crippen LogP contribution in [0.25, 0.3) is 0 Å². The normalized spacial score (nSPS) is 20.4. The Kier molecular flexibility index (Phi) is 5.01. The largest absolute Gasteiger partial charge is 0.370 e. The van der Waals surface area contributed by atoms with Crippen LogP contribution in [0.1, 0.15) is 50.1 Å². The number of halogens is 1. The fourth-order valence-corrected chi connectivity index (χ4v) is 5.58. The van der Waals surface area contributed by atoms with Crippen LogP contribution in [0.4, 0.5) is 17.1 Å². The predicted octanol–water partition coefficient (Wildman–Crippen LogP) is 5.48. The average Bonchev–Trinajstić information content (AvgIpc) is 3.64. The molecule has 1 saturated heterocycles. The maximum Gasteiger partial charge on any atom is 0.0770 e. The van der Waals surface area contributed by atoms with Gasteiger partial charge in [0.15, 0.2) is 0 Å². The van der Waals surface area contributed by atoms with Crippen LogP contribution in [0.3, 0.4) is 0 Å². The lowest BCUT2D eigenvalue weighted by molar-refractivity contribution is 0.591. The molecule has 7 heteroatoms. The van der Waals surface area contributed by atoms with E-state index in [0.717, 1.165) is 51.2 Å². The minimum absolute atomic E-state index is 0.563. The second-order valence-corrected chi connectivity index (χ2v) is 10.1. The van der Waals surface area contributed by atoms with Crippen LogP contribution in [-0.4, -0.2) is 39.6 Å². The third-order valence-corrected chi connectivity index (χ3v) is 7.78. The van der Waals surface area contributed by atoms with Crippen LogP contribution in [-0.2, 0) is 0 Å². The minimum Gasteiger partial charge on any atom is -0.370 e. The zero-order valence-electron chi connectivity index (χ0n) is 15.9. The molecule has 0 unspecified atom stereocenters. The number of aromatic nitrogens is 2. The number of rotatable bonds is 7. The minimum atomic E-state index is 0.563. The highest BCUT2D eigenvalue weighted by Crippen LogP contribution is 2.41. The number of nitrogens with one attached hydrogen (secondary N) is 2. The Morgan fingerprint density at radius 1 is 1.11 bits per heavy atom. The van der Waals surface area contributed by atoms with Crippen LogP contribution >= 0.6 is 23.4 Å². The molecule has 0 atom stereocenters. The molecule has 1 aromatic carbocycles. The van der Waals surface area contributed by atoms with Crippen molar-refractivity contribution in [1.82, 2.24) is 9.78 Å². The molecule has 28 heavy (non-hydrogen) atoms. The Morgan fingerprint density at radius 2 is 1.86 bits per heavy atom. The van der Waals surface area contributed by atoms with E-state index in [0.29, 0.717) is 6.04 Å². The highest BCUT2D eigenvalue weighted by Gasteiger charge is 2.29. The van der Waals surface area contributed by atoms with E-state index >= 15 is 0 Å². The quantitative estimate of drug-likeness (QED) is 0.588. The van der Waals surface area contributed by atoms with Gasteiger partial charge in [-0.15, -0.1) is 0 Å². The van der Waals surface area contributed by atoms with Crippen molar-refractivity contribution in [1.29, 1.82) is 5.41 Å².